The number of rotatable bonds is 5. The van der Waals surface area contributed by atoms with Gasteiger partial charge in [-0.3, -0.25) is 0 Å². The first-order valence-corrected chi connectivity index (χ1v) is 6.86. The molecule has 0 spiro atoms. The number of hydrogen-bond donors (Lipinski definition) is 2. The number of methoxy groups -OCH3 is 1. The molecule has 0 unspecified atom stereocenters. The molecule has 2 N–H and O–H groups in total. The normalized spacial score (nSPS) is 15.5. The Balaban J connectivity index is 2.00. The Bertz CT molecular complexity index is 526. The fourth-order valence-electron chi connectivity index (χ4n) is 2.29. The number of aromatic nitrogens is 1. The van der Waals surface area contributed by atoms with Gasteiger partial charge in [0.25, 0.3) is 0 Å². The molecule has 1 fully saturated rings. The summed E-state index contributed by atoms with van der Waals surface area (Å²) < 4.78 is 4.92. The minimum absolute atomic E-state index is 0.0228. The van der Waals surface area contributed by atoms with Crippen LogP contribution in [0.25, 0.3) is 0 Å². The highest BCUT2D eigenvalue weighted by Gasteiger charge is 2.19. The van der Waals surface area contributed by atoms with Crippen LogP contribution in [0.1, 0.15) is 53.0 Å². The van der Waals surface area contributed by atoms with Crippen molar-refractivity contribution in [3.05, 3.63) is 23.5 Å². The van der Waals surface area contributed by atoms with Crippen molar-refractivity contribution in [2.75, 3.05) is 7.11 Å². The van der Waals surface area contributed by atoms with Crippen molar-refractivity contribution >= 4 is 11.9 Å². The largest absolute Gasteiger partial charge is 0.494 e. The van der Waals surface area contributed by atoms with Crippen molar-refractivity contribution in [2.45, 2.75) is 38.1 Å². The number of nitrogens with one attached hydrogen (secondary N) is 1. The highest BCUT2D eigenvalue weighted by molar-refractivity contribution is 5.93. The molecule has 7 nitrogen and oxygen atoms in total. The van der Waals surface area contributed by atoms with Crippen molar-refractivity contribution in [1.29, 1.82) is 0 Å². The second-order valence-electron chi connectivity index (χ2n) is 4.92. The summed E-state index contributed by atoms with van der Waals surface area (Å²) in [6.07, 6.45) is 6.58. The van der Waals surface area contributed by atoms with Gasteiger partial charge in [-0.25, -0.2) is 14.6 Å². The quantitative estimate of drug-likeness (QED) is 0.799. The van der Waals surface area contributed by atoms with Gasteiger partial charge in [-0.1, -0.05) is 19.3 Å². The minimum Gasteiger partial charge on any atom is -0.494 e. The molecule has 1 aromatic rings. The summed E-state index contributed by atoms with van der Waals surface area (Å²) in [5.74, 6) is -1.80. The standard InChI is InChI=1S/C14H18N2O5/c1-20-11-7-9(8-15-12(11)13(17)18)14(19)21-16-10-5-3-2-4-6-10/h7-8,10,16H,2-6H2,1H3,(H,17,18). The SMILES string of the molecule is COc1cc(C(=O)ONC2CCCCC2)cnc1C(=O)O. The first-order valence-electron chi connectivity index (χ1n) is 6.86. The van der Waals surface area contributed by atoms with Crippen LogP contribution >= 0.6 is 0 Å². The number of carbonyl (C=O) groups is 2. The second kappa shape index (κ2) is 7.03. The van der Waals surface area contributed by atoms with E-state index in [0.717, 1.165) is 31.9 Å². The molecular weight excluding hydrogens is 276 g/mol. The third-order valence-electron chi connectivity index (χ3n) is 3.43. The van der Waals surface area contributed by atoms with Gasteiger partial charge in [-0.05, 0) is 18.9 Å². The van der Waals surface area contributed by atoms with Gasteiger partial charge < -0.3 is 14.7 Å². The van der Waals surface area contributed by atoms with E-state index in [9.17, 15) is 9.59 Å². The average Bonchev–Trinajstić information content (AvgIpc) is 2.52. The fourth-order valence-corrected chi connectivity index (χ4v) is 2.29. The van der Waals surface area contributed by atoms with Crippen molar-refractivity contribution in [1.82, 2.24) is 10.5 Å². The van der Waals surface area contributed by atoms with Crippen molar-refractivity contribution in [3.8, 4) is 5.75 Å². The topological polar surface area (TPSA) is 97.8 Å². The number of carboxylic acids is 1. The van der Waals surface area contributed by atoms with Crippen LogP contribution in [-0.4, -0.2) is 35.2 Å². The molecule has 1 saturated carbocycles. The molecule has 0 atom stereocenters. The van der Waals surface area contributed by atoms with Crippen LogP contribution in [0.15, 0.2) is 12.3 Å². The Morgan fingerprint density at radius 1 is 1.33 bits per heavy atom. The zero-order chi connectivity index (χ0) is 15.2. The molecular formula is C14H18N2O5. The molecule has 7 heteroatoms. The molecule has 1 aromatic heterocycles. The molecule has 0 amide bonds. The number of hydroxylamine groups is 1. The minimum atomic E-state index is -1.22. The number of ether oxygens (including phenoxy) is 1. The molecule has 0 radical (unpaired) electrons. The van der Waals surface area contributed by atoms with Gasteiger partial charge in [-0.2, -0.15) is 0 Å². The maximum atomic E-state index is 11.9. The number of carbonyl (C=O) groups excluding carboxylic acids is 1. The maximum absolute atomic E-state index is 11.9. The predicted octanol–water partition coefficient (Wildman–Crippen LogP) is 1.78. The second-order valence-corrected chi connectivity index (χ2v) is 4.92. The zero-order valence-electron chi connectivity index (χ0n) is 11.8. The van der Waals surface area contributed by atoms with Crippen LogP contribution in [0.5, 0.6) is 5.75 Å². The van der Waals surface area contributed by atoms with Crippen molar-refractivity contribution < 1.29 is 24.3 Å². The van der Waals surface area contributed by atoms with Crippen molar-refractivity contribution in [2.24, 2.45) is 0 Å². The number of hydrogen-bond acceptors (Lipinski definition) is 6. The first-order chi connectivity index (χ1) is 10.1. The lowest BCUT2D eigenvalue weighted by Crippen LogP contribution is -2.33. The van der Waals surface area contributed by atoms with E-state index in [1.165, 1.54) is 19.6 Å². The smallest absolute Gasteiger partial charge is 0.358 e. The van der Waals surface area contributed by atoms with Gasteiger partial charge in [0.05, 0.1) is 12.7 Å². The van der Waals surface area contributed by atoms with Crippen LogP contribution < -0.4 is 10.2 Å². The number of aromatic carboxylic acids is 1. The number of pyridine rings is 1. The fraction of sp³-hybridized carbons (Fsp3) is 0.500. The third kappa shape index (κ3) is 3.91. The molecule has 0 aromatic carbocycles. The lowest BCUT2D eigenvalue weighted by molar-refractivity contribution is 0.0112. The summed E-state index contributed by atoms with van der Waals surface area (Å²) in [6, 6.07) is 1.48. The highest BCUT2D eigenvalue weighted by atomic mass is 16.7. The predicted molar refractivity (Wildman–Crippen MR) is 73.2 cm³/mol. The number of nitrogens with zero attached hydrogens (tertiary/aromatic N) is 1. The molecule has 0 bridgehead atoms. The van der Waals surface area contributed by atoms with Gasteiger partial charge in [-0.15, -0.1) is 5.48 Å². The van der Waals surface area contributed by atoms with E-state index >= 15 is 0 Å². The van der Waals surface area contributed by atoms with E-state index in [1.807, 2.05) is 0 Å². The summed E-state index contributed by atoms with van der Waals surface area (Å²) >= 11 is 0. The molecule has 114 valence electrons. The average molecular weight is 294 g/mol. The molecule has 1 aliphatic rings. The van der Waals surface area contributed by atoms with Crippen LogP contribution in [0.3, 0.4) is 0 Å². The first kappa shape index (κ1) is 15.2. The summed E-state index contributed by atoms with van der Waals surface area (Å²) in [5.41, 5.74) is 2.66. The van der Waals surface area contributed by atoms with Crippen molar-refractivity contribution in [3.63, 3.8) is 0 Å². The monoisotopic (exact) mass is 294 g/mol. The molecule has 21 heavy (non-hydrogen) atoms. The number of carboxylic acid groups (broad SMARTS) is 1. The van der Waals surface area contributed by atoms with Gasteiger partial charge in [0.15, 0.2) is 11.4 Å². The van der Waals surface area contributed by atoms with E-state index in [4.69, 9.17) is 14.7 Å². The Hall–Kier alpha value is -2.15. The summed E-state index contributed by atoms with van der Waals surface area (Å²) in [6.45, 7) is 0. The molecule has 0 aliphatic heterocycles. The maximum Gasteiger partial charge on any atom is 0.358 e. The summed E-state index contributed by atoms with van der Waals surface area (Å²) in [4.78, 5) is 31.6. The molecule has 1 aliphatic carbocycles. The van der Waals surface area contributed by atoms with E-state index in [1.54, 1.807) is 0 Å². The summed E-state index contributed by atoms with van der Waals surface area (Å²) in [7, 11) is 1.32. The van der Waals surface area contributed by atoms with Crippen LogP contribution in [0.2, 0.25) is 0 Å². The summed E-state index contributed by atoms with van der Waals surface area (Å²) in [5, 5.41) is 8.93. The Morgan fingerprint density at radius 3 is 2.67 bits per heavy atom. The molecule has 1 heterocycles. The highest BCUT2D eigenvalue weighted by Crippen LogP contribution is 2.19. The van der Waals surface area contributed by atoms with E-state index < -0.39 is 11.9 Å². The molecule has 0 saturated heterocycles. The van der Waals surface area contributed by atoms with E-state index in [0.29, 0.717) is 0 Å². The van der Waals surface area contributed by atoms with Crippen LogP contribution in [-0.2, 0) is 4.84 Å². The molecule has 2 rings (SSSR count). The van der Waals surface area contributed by atoms with Gasteiger partial charge in [0, 0.05) is 12.2 Å². The Morgan fingerprint density at radius 2 is 2.05 bits per heavy atom. The zero-order valence-corrected chi connectivity index (χ0v) is 11.8. The van der Waals surface area contributed by atoms with Gasteiger partial charge in [0.1, 0.15) is 0 Å². The van der Waals surface area contributed by atoms with Gasteiger partial charge >= 0.3 is 11.9 Å². The lowest BCUT2D eigenvalue weighted by atomic mass is 9.96. The lowest BCUT2D eigenvalue weighted by Gasteiger charge is -2.21. The Labute approximate surface area is 122 Å². The van der Waals surface area contributed by atoms with Crippen LogP contribution in [0, 0.1) is 0 Å². The third-order valence-corrected chi connectivity index (χ3v) is 3.43. The Kier molecular flexibility index (Phi) is 5.10. The van der Waals surface area contributed by atoms with Gasteiger partial charge in [0.2, 0.25) is 0 Å². The van der Waals surface area contributed by atoms with Crippen LogP contribution in [0.4, 0.5) is 0 Å². The van der Waals surface area contributed by atoms with E-state index in [-0.39, 0.29) is 23.0 Å². The van der Waals surface area contributed by atoms with E-state index in [2.05, 4.69) is 10.5 Å².